The van der Waals surface area contributed by atoms with Gasteiger partial charge < -0.3 is 10.6 Å². The highest BCUT2D eigenvalue weighted by molar-refractivity contribution is 5.85. The van der Waals surface area contributed by atoms with E-state index in [9.17, 15) is 4.79 Å². The maximum atomic E-state index is 11.2. The summed E-state index contributed by atoms with van der Waals surface area (Å²) in [5.74, 6) is 0.0309. The van der Waals surface area contributed by atoms with E-state index in [0.717, 1.165) is 6.42 Å². The zero-order chi connectivity index (χ0) is 11.1. The Morgan fingerprint density at radius 2 is 1.88 bits per heavy atom. The molecule has 0 bridgehead atoms. The van der Waals surface area contributed by atoms with E-state index in [1.807, 2.05) is 12.1 Å². The van der Waals surface area contributed by atoms with Crippen LogP contribution < -0.4 is 10.6 Å². The van der Waals surface area contributed by atoms with Gasteiger partial charge in [0, 0.05) is 6.54 Å². The molecule has 0 fully saturated rings. The molecule has 1 rings (SSSR count). The maximum Gasteiger partial charge on any atom is 0.234 e. The molecule has 3 nitrogen and oxygen atoms in total. The fraction of sp³-hybridized carbons (Fsp3) is 0.417. The van der Waals surface area contributed by atoms with E-state index in [1.165, 1.54) is 11.1 Å². The van der Waals surface area contributed by atoms with Gasteiger partial charge in [0.1, 0.15) is 0 Å². The number of likely N-dealkylation sites (N-methyl/N-ethyl adjacent to an activating group) is 1. The number of hydrogen-bond donors (Lipinski definition) is 2. The Morgan fingerprint density at radius 1 is 1.25 bits per heavy atom. The standard InChI is InChI=1S/C12H18N2O.ClH/c1-3-10-6-4-5-7-11(10)8-14-12(15)9-13-2;/h4-7,13H,3,8-9H2,1-2H3,(H,14,15);1H. The second-order valence-corrected chi connectivity index (χ2v) is 3.43. The highest BCUT2D eigenvalue weighted by Crippen LogP contribution is 2.08. The normalized spacial score (nSPS) is 9.38. The molecule has 0 heterocycles. The minimum absolute atomic E-state index is 0. The van der Waals surface area contributed by atoms with Gasteiger partial charge in [-0.1, -0.05) is 31.2 Å². The number of amides is 1. The van der Waals surface area contributed by atoms with Crippen LogP contribution in [-0.2, 0) is 17.8 Å². The highest BCUT2D eigenvalue weighted by atomic mass is 35.5. The summed E-state index contributed by atoms with van der Waals surface area (Å²) in [4.78, 5) is 11.2. The number of halogens is 1. The number of rotatable bonds is 5. The fourth-order valence-corrected chi connectivity index (χ4v) is 1.49. The summed E-state index contributed by atoms with van der Waals surface area (Å²) in [5.41, 5.74) is 2.49. The van der Waals surface area contributed by atoms with Crippen molar-refractivity contribution in [2.45, 2.75) is 19.9 Å². The van der Waals surface area contributed by atoms with Gasteiger partial charge in [-0.15, -0.1) is 12.4 Å². The van der Waals surface area contributed by atoms with Crippen molar-refractivity contribution in [2.75, 3.05) is 13.6 Å². The number of nitrogens with one attached hydrogen (secondary N) is 2. The van der Waals surface area contributed by atoms with Gasteiger partial charge in [0.05, 0.1) is 6.54 Å². The van der Waals surface area contributed by atoms with Gasteiger partial charge in [0.25, 0.3) is 0 Å². The molecular weight excluding hydrogens is 224 g/mol. The summed E-state index contributed by atoms with van der Waals surface area (Å²) in [6.07, 6.45) is 0.998. The van der Waals surface area contributed by atoms with Gasteiger partial charge in [-0.25, -0.2) is 0 Å². The fourth-order valence-electron chi connectivity index (χ4n) is 1.49. The monoisotopic (exact) mass is 242 g/mol. The van der Waals surface area contributed by atoms with Crippen LogP contribution in [0.25, 0.3) is 0 Å². The third kappa shape index (κ3) is 4.64. The molecule has 1 aromatic rings. The van der Waals surface area contributed by atoms with Gasteiger partial charge in [-0.3, -0.25) is 4.79 Å². The molecule has 2 N–H and O–H groups in total. The number of aryl methyl sites for hydroxylation is 1. The Balaban J connectivity index is 0.00000225. The second-order valence-electron chi connectivity index (χ2n) is 3.43. The van der Waals surface area contributed by atoms with Crippen molar-refractivity contribution in [3.63, 3.8) is 0 Å². The summed E-state index contributed by atoms with van der Waals surface area (Å²) < 4.78 is 0. The first kappa shape index (κ1) is 14.9. The molecule has 16 heavy (non-hydrogen) atoms. The Morgan fingerprint density at radius 3 is 2.44 bits per heavy atom. The van der Waals surface area contributed by atoms with E-state index in [0.29, 0.717) is 13.1 Å². The number of carbonyl (C=O) groups is 1. The smallest absolute Gasteiger partial charge is 0.234 e. The summed E-state index contributed by atoms with van der Waals surface area (Å²) in [6.45, 7) is 3.10. The van der Waals surface area contributed by atoms with Gasteiger partial charge in [-0.05, 0) is 24.6 Å². The van der Waals surface area contributed by atoms with Crippen molar-refractivity contribution in [1.82, 2.24) is 10.6 Å². The molecule has 0 saturated heterocycles. The SMILES string of the molecule is CCc1ccccc1CNC(=O)CNC.Cl. The zero-order valence-corrected chi connectivity index (χ0v) is 10.6. The van der Waals surface area contributed by atoms with Crippen molar-refractivity contribution in [2.24, 2.45) is 0 Å². The molecule has 0 aliphatic heterocycles. The third-order valence-electron chi connectivity index (χ3n) is 2.31. The van der Waals surface area contributed by atoms with Gasteiger partial charge in [0.2, 0.25) is 5.91 Å². The molecule has 0 aliphatic rings. The molecule has 1 amide bonds. The van der Waals surface area contributed by atoms with Crippen molar-refractivity contribution >= 4 is 18.3 Å². The number of carbonyl (C=O) groups excluding carboxylic acids is 1. The van der Waals surface area contributed by atoms with E-state index in [2.05, 4.69) is 29.7 Å². The lowest BCUT2D eigenvalue weighted by atomic mass is 10.1. The lowest BCUT2D eigenvalue weighted by molar-refractivity contribution is -0.120. The summed E-state index contributed by atoms with van der Waals surface area (Å²) in [5, 5.41) is 5.69. The van der Waals surface area contributed by atoms with E-state index in [4.69, 9.17) is 0 Å². The van der Waals surface area contributed by atoms with Crippen LogP contribution in [0.5, 0.6) is 0 Å². The maximum absolute atomic E-state index is 11.2. The van der Waals surface area contributed by atoms with Crippen LogP contribution in [0.4, 0.5) is 0 Å². The summed E-state index contributed by atoms with van der Waals surface area (Å²) in [7, 11) is 1.76. The Labute approximate surface area is 103 Å². The lowest BCUT2D eigenvalue weighted by Gasteiger charge is -2.08. The summed E-state index contributed by atoms with van der Waals surface area (Å²) in [6, 6.07) is 8.18. The van der Waals surface area contributed by atoms with Crippen molar-refractivity contribution < 1.29 is 4.79 Å². The Kier molecular flexibility index (Phi) is 7.60. The first-order chi connectivity index (χ1) is 7.27. The summed E-state index contributed by atoms with van der Waals surface area (Å²) >= 11 is 0. The molecule has 0 aromatic heterocycles. The highest BCUT2D eigenvalue weighted by Gasteiger charge is 2.02. The molecule has 90 valence electrons. The van der Waals surface area contributed by atoms with Gasteiger partial charge in [0.15, 0.2) is 0 Å². The first-order valence-electron chi connectivity index (χ1n) is 5.26. The minimum Gasteiger partial charge on any atom is -0.351 e. The van der Waals surface area contributed by atoms with Crippen LogP contribution in [0, 0.1) is 0 Å². The van der Waals surface area contributed by atoms with Crippen LogP contribution in [0.15, 0.2) is 24.3 Å². The zero-order valence-electron chi connectivity index (χ0n) is 9.75. The molecule has 0 unspecified atom stereocenters. The van der Waals surface area contributed by atoms with E-state index in [1.54, 1.807) is 7.05 Å². The third-order valence-corrected chi connectivity index (χ3v) is 2.31. The van der Waals surface area contributed by atoms with Crippen LogP contribution in [0.2, 0.25) is 0 Å². The average molecular weight is 243 g/mol. The van der Waals surface area contributed by atoms with Crippen molar-refractivity contribution in [3.05, 3.63) is 35.4 Å². The van der Waals surface area contributed by atoms with Crippen LogP contribution in [-0.4, -0.2) is 19.5 Å². The van der Waals surface area contributed by atoms with E-state index in [-0.39, 0.29) is 18.3 Å². The molecule has 0 atom stereocenters. The molecule has 0 saturated carbocycles. The number of hydrogen-bond acceptors (Lipinski definition) is 2. The quantitative estimate of drug-likeness (QED) is 0.822. The Bertz CT molecular complexity index is 329. The van der Waals surface area contributed by atoms with Crippen molar-refractivity contribution in [1.29, 1.82) is 0 Å². The van der Waals surface area contributed by atoms with Crippen LogP contribution >= 0.6 is 12.4 Å². The average Bonchev–Trinajstić information content (AvgIpc) is 2.27. The van der Waals surface area contributed by atoms with Crippen molar-refractivity contribution in [3.8, 4) is 0 Å². The molecule has 0 aliphatic carbocycles. The molecule has 0 spiro atoms. The Hall–Kier alpha value is -1.06. The minimum atomic E-state index is 0. The lowest BCUT2D eigenvalue weighted by Crippen LogP contribution is -2.31. The van der Waals surface area contributed by atoms with Gasteiger partial charge >= 0.3 is 0 Å². The second kappa shape index (κ2) is 8.13. The topological polar surface area (TPSA) is 41.1 Å². The van der Waals surface area contributed by atoms with E-state index < -0.39 is 0 Å². The molecule has 0 radical (unpaired) electrons. The first-order valence-corrected chi connectivity index (χ1v) is 5.26. The van der Waals surface area contributed by atoms with Crippen LogP contribution in [0.1, 0.15) is 18.1 Å². The molecule has 1 aromatic carbocycles. The van der Waals surface area contributed by atoms with Gasteiger partial charge in [-0.2, -0.15) is 0 Å². The predicted molar refractivity (Wildman–Crippen MR) is 68.8 cm³/mol. The largest absolute Gasteiger partial charge is 0.351 e. The molecule has 4 heteroatoms. The van der Waals surface area contributed by atoms with E-state index >= 15 is 0 Å². The molecular formula is C12H19ClN2O. The predicted octanol–water partition coefficient (Wildman–Crippen LogP) is 1.51. The van der Waals surface area contributed by atoms with Crippen LogP contribution in [0.3, 0.4) is 0 Å². The number of benzene rings is 1.